The number of hydrogen-bond acceptors (Lipinski definition) is 5. The Balaban J connectivity index is 2.77. The molecule has 0 bridgehead atoms. The Kier molecular flexibility index (Phi) is 5.05. The Bertz CT molecular complexity index is 636. The maximum absolute atomic E-state index is 11.7. The van der Waals surface area contributed by atoms with Crippen LogP contribution in [-0.2, 0) is 19.6 Å². The average molecular weight is 316 g/mol. The molecule has 9 heteroatoms. The summed E-state index contributed by atoms with van der Waals surface area (Å²) in [6.07, 6.45) is -0.222. The summed E-state index contributed by atoms with van der Waals surface area (Å²) in [5, 5.41) is 19.9. The first-order valence-corrected chi connectivity index (χ1v) is 7.36. The summed E-state index contributed by atoms with van der Waals surface area (Å²) in [5.74, 6) is -1.59. The van der Waals surface area contributed by atoms with Crippen LogP contribution in [0, 0.1) is 5.41 Å². The van der Waals surface area contributed by atoms with E-state index in [1.807, 2.05) is 0 Å². The normalized spacial score (nSPS) is 12.0. The molecule has 1 rings (SSSR count). The van der Waals surface area contributed by atoms with Crippen LogP contribution in [0.1, 0.15) is 20.3 Å². The summed E-state index contributed by atoms with van der Waals surface area (Å²) in [4.78, 5) is 23.7. The number of sulfonamides is 1. The first-order valence-electron chi connectivity index (χ1n) is 5.88. The molecule has 116 valence electrons. The lowest BCUT2D eigenvalue weighted by molar-refractivity contribution is -0.148. The number of carbonyl (C=O) groups is 2. The smallest absolute Gasteiger partial charge is 0.309 e. The first-order chi connectivity index (χ1) is 9.58. The molecule has 1 aromatic rings. The molecule has 1 aromatic carbocycles. The molecule has 21 heavy (non-hydrogen) atoms. The number of carbonyl (C=O) groups excluding carboxylic acids is 1. The second-order valence-electron chi connectivity index (χ2n) is 5.03. The van der Waals surface area contributed by atoms with E-state index in [1.165, 1.54) is 43.0 Å². The van der Waals surface area contributed by atoms with E-state index >= 15 is 0 Å². The molecule has 0 aliphatic carbocycles. The van der Waals surface area contributed by atoms with Gasteiger partial charge in [-0.25, -0.2) is 8.42 Å². The highest BCUT2D eigenvalue weighted by Gasteiger charge is 2.30. The van der Waals surface area contributed by atoms with Crippen molar-refractivity contribution in [3.63, 3.8) is 0 Å². The van der Waals surface area contributed by atoms with Crippen LogP contribution in [-0.4, -0.2) is 30.6 Å². The van der Waals surface area contributed by atoms with Crippen molar-refractivity contribution >= 4 is 27.6 Å². The highest BCUT2D eigenvalue weighted by Crippen LogP contribution is 2.21. The summed E-state index contributed by atoms with van der Waals surface area (Å²) in [5.41, 5.74) is -0.883. The predicted octanol–water partition coefficient (Wildman–Crippen LogP) is 0.793. The highest BCUT2D eigenvalue weighted by molar-refractivity contribution is 7.89. The van der Waals surface area contributed by atoms with Crippen molar-refractivity contribution in [3.05, 3.63) is 24.3 Å². The minimum absolute atomic E-state index is 0.172. The van der Waals surface area contributed by atoms with Crippen molar-refractivity contribution in [1.29, 1.82) is 0 Å². The third-order valence-electron chi connectivity index (χ3n) is 2.75. The highest BCUT2D eigenvalue weighted by atomic mass is 32.2. The lowest BCUT2D eigenvalue weighted by Crippen LogP contribution is -2.29. The van der Waals surface area contributed by atoms with Crippen molar-refractivity contribution < 1.29 is 28.3 Å². The van der Waals surface area contributed by atoms with Gasteiger partial charge in [0.2, 0.25) is 5.91 Å². The Morgan fingerprint density at radius 2 is 1.71 bits per heavy atom. The lowest BCUT2D eigenvalue weighted by atomic mass is 9.89. The van der Waals surface area contributed by atoms with Crippen LogP contribution in [0.25, 0.3) is 0 Å². The van der Waals surface area contributed by atoms with E-state index in [-0.39, 0.29) is 11.3 Å². The Morgan fingerprint density at radius 3 is 2.14 bits per heavy atom. The second kappa shape index (κ2) is 6.20. The molecule has 8 nitrogen and oxygen atoms in total. The lowest BCUT2D eigenvalue weighted by Gasteiger charge is -2.18. The van der Waals surface area contributed by atoms with E-state index in [1.54, 1.807) is 0 Å². The Morgan fingerprint density at radius 1 is 1.19 bits per heavy atom. The summed E-state index contributed by atoms with van der Waals surface area (Å²) < 4.78 is 22.6. The number of benzene rings is 1. The minimum atomic E-state index is -3.97. The molecule has 0 atom stereocenters. The van der Waals surface area contributed by atoms with Gasteiger partial charge >= 0.3 is 5.97 Å². The van der Waals surface area contributed by atoms with Crippen LogP contribution in [0.5, 0.6) is 0 Å². The standard InChI is InChI=1S/C12H16N2O6S/c1-12(2,11(16)17)7-10(15)13-8-3-5-9(6-4-8)21(19,20)14-18/h3-6,14,18H,7H2,1-2H3,(H,13,15)(H,16,17). The third-order valence-corrected chi connectivity index (χ3v) is 3.88. The molecule has 4 N–H and O–H groups in total. The molecule has 0 heterocycles. The number of nitrogens with one attached hydrogen (secondary N) is 2. The molecule has 0 fully saturated rings. The Hall–Kier alpha value is -1.97. The summed E-state index contributed by atoms with van der Waals surface area (Å²) in [7, 11) is -3.97. The molecule has 0 aromatic heterocycles. The maximum atomic E-state index is 11.7. The van der Waals surface area contributed by atoms with Gasteiger partial charge in [0.05, 0.1) is 10.3 Å². The zero-order valence-electron chi connectivity index (χ0n) is 11.5. The number of amides is 1. The number of hydrogen-bond donors (Lipinski definition) is 4. The molecule has 0 aliphatic rings. The van der Waals surface area contributed by atoms with E-state index < -0.39 is 27.3 Å². The molecule has 0 unspecified atom stereocenters. The molecule has 1 amide bonds. The number of carboxylic acids is 1. The van der Waals surface area contributed by atoms with Gasteiger partial charge in [-0.1, -0.05) is 4.89 Å². The SMILES string of the molecule is CC(C)(CC(=O)Nc1ccc(S(=O)(=O)NO)cc1)C(=O)O. The maximum Gasteiger partial charge on any atom is 0.309 e. The van der Waals surface area contributed by atoms with Crippen molar-refractivity contribution in [1.82, 2.24) is 4.89 Å². The van der Waals surface area contributed by atoms with E-state index in [2.05, 4.69) is 5.32 Å². The second-order valence-corrected chi connectivity index (χ2v) is 6.69. The number of rotatable bonds is 6. The molecular formula is C12H16N2O6S. The van der Waals surface area contributed by atoms with Gasteiger partial charge in [-0.05, 0) is 38.1 Å². The molecule has 0 spiro atoms. The average Bonchev–Trinajstić information content (AvgIpc) is 2.38. The fourth-order valence-electron chi connectivity index (χ4n) is 1.45. The van der Waals surface area contributed by atoms with Gasteiger partial charge < -0.3 is 15.6 Å². The fourth-order valence-corrected chi connectivity index (χ4v) is 2.05. The number of aliphatic carboxylic acids is 1. The quantitative estimate of drug-likeness (QED) is 0.574. The van der Waals surface area contributed by atoms with Gasteiger partial charge in [0.15, 0.2) is 0 Å². The van der Waals surface area contributed by atoms with Crippen LogP contribution in [0.3, 0.4) is 0 Å². The van der Waals surface area contributed by atoms with Gasteiger partial charge in [-0.3, -0.25) is 9.59 Å². The van der Waals surface area contributed by atoms with Crippen LogP contribution >= 0.6 is 0 Å². The first kappa shape index (κ1) is 17.1. The zero-order valence-corrected chi connectivity index (χ0v) is 12.3. The van der Waals surface area contributed by atoms with Crippen LogP contribution in [0.2, 0.25) is 0 Å². The summed E-state index contributed by atoms with van der Waals surface area (Å²) >= 11 is 0. The molecular weight excluding hydrogens is 300 g/mol. The van der Waals surface area contributed by atoms with Gasteiger partial charge in [-0.15, -0.1) is 0 Å². The fraction of sp³-hybridized carbons (Fsp3) is 0.333. The van der Waals surface area contributed by atoms with E-state index in [9.17, 15) is 18.0 Å². The van der Waals surface area contributed by atoms with Crippen molar-refractivity contribution in [3.8, 4) is 0 Å². The van der Waals surface area contributed by atoms with Crippen LogP contribution < -0.4 is 10.2 Å². The van der Waals surface area contributed by atoms with E-state index in [4.69, 9.17) is 10.3 Å². The third kappa shape index (κ3) is 4.52. The zero-order chi connectivity index (χ0) is 16.3. The van der Waals surface area contributed by atoms with Gasteiger partial charge in [0, 0.05) is 12.1 Å². The minimum Gasteiger partial charge on any atom is -0.481 e. The Labute approximate surface area is 121 Å². The van der Waals surface area contributed by atoms with Gasteiger partial charge in [-0.2, -0.15) is 0 Å². The van der Waals surface area contributed by atoms with E-state index in [0.717, 1.165) is 0 Å². The van der Waals surface area contributed by atoms with Crippen molar-refractivity contribution in [2.75, 3.05) is 5.32 Å². The largest absolute Gasteiger partial charge is 0.481 e. The topological polar surface area (TPSA) is 133 Å². The van der Waals surface area contributed by atoms with Crippen LogP contribution in [0.4, 0.5) is 5.69 Å². The monoisotopic (exact) mass is 316 g/mol. The molecule has 0 radical (unpaired) electrons. The van der Waals surface area contributed by atoms with Gasteiger partial charge in [0.1, 0.15) is 0 Å². The molecule has 0 aliphatic heterocycles. The predicted molar refractivity (Wildman–Crippen MR) is 73.2 cm³/mol. The molecule has 0 saturated carbocycles. The number of anilines is 1. The van der Waals surface area contributed by atoms with Crippen molar-refractivity contribution in [2.45, 2.75) is 25.2 Å². The summed E-state index contributed by atoms with van der Waals surface area (Å²) in [6, 6.07) is 5.04. The van der Waals surface area contributed by atoms with E-state index in [0.29, 0.717) is 5.69 Å². The molecule has 0 saturated heterocycles. The van der Waals surface area contributed by atoms with Crippen LogP contribution in [0.15, 0.2) is 29.2 Å². The van der Waals surface area contributed by atoms with Crippen molar-refractivity contribution in [2.24, 2.45) is 5.41 Å². The van der Waals surface area contributed by atoms with Gasteiger partial charge in [0.25, 0.3) is 10.0 Å². The number of carboxylic acid groups (broad SMARTS) is 1. The summed E-state index contributed by atoms with van der Waals surface area (Å²) in [6.45, 7) is 2.86.